The molecule has 11 nitrogen and oxygen atoms in total. The predicted molar refractivity (Wildman–Crippen MR) is 159 cm³/mol. The number of hydrogen-bond acceptors (Lipinski definition) is 7. The van der Waals surface area contributed by atoms with Crippen molar-refractivity contribution in [3.05, 3.63) is 76.8 Å². The van der Waals surface area contributed by atoms with Crippen molar-refractivity contribution in [1.29, 1.82) is 0 Å². The number of para-hydroxylation sites is 1. The van der Waals surface area contributed by atoms with Gasteiger partial charge < -0.3 is 29.7 Å². The molecule has 5 rings (SSSR count). The molecule has 0 spiro atoms. The number of fused-ring (bicyclic) bond motifs is 5. The molecule has 11 heteroatoms. The largest absolute Gasteiger partial charge is 0.493 e. The van der Waals surface area contributed by atoms with Crippen LogP contribution in [-0.2, 0) is 22.7 Å². The number of pyridine rings is 1. The smallest absolute Gasteiger partial charge is 0.242 e. The molecule has 2 aromatic heterocycles. The first-order chi connectivity index (χ1) is 20.3. The Morgan fingerprint density at radius 1 is 1.10 bits per heavy atom. The SMILES string of the molecule is COc1ccc2cc1OCCN(Cc1cc(=O)c3ccccc3[nH]1)CC(=O)N[C@H](C(C)C)C(=O)NCCn1ccnc1-2. The van der Waals surface area contributed by atoms with Crippen LogP contribution < -0.4 is 25.5 Å². The van der Waals surface area contributed by atoms with E-state index < -0.39 is 6.04 Å². The number of rotatable bonds is 4. The number of H-pyrrole nitrogens is 1. The van der Waals surface area contributed by atoms with Crippen molar-refractivity contribution < 1.29 is 19.1 Å². The van der Waals surface area contributed by atoms with E-state index in [0.717, 1.165) is 16.9 Å². The standard InChI is InChI=1S/C31H36N6O5/c1-20(2)29-31(40)33-11-13-37-12-10-32-30(37)21-8-9-26(41-3)27(16-21)42-15-14-36(19-28(39)35-29)18-22-17-25(38)23-6-4-5-7-24(23)34-22/h4-10,12,16-17,20,29H,11,13-15,18-19H2,1-3H3,(H,33,40)(H,34,38)(H,35,39)/t29-/m1/s1. The molecule has 2 amide bonds. The highest BCUT2D eigenvalue weighted by molar-refractivity contribution is 5.88. The summed E-state index contributed by atoms with van der Waals surface area (Å²) in [6.07, 6.45) is 3.57. The van der Waals surface area contributed by atoms with E-state index in [4.69, 9.17) is 9.47 Å². The van der Waals surface area contributed by atoms with E-state index in [0.29, 0.717) is 48.8 Å². The molecule has 1 aliphatic heterocycles. The van der Waals surface area contributed by atoms with Gasteiger partial charge >= 0.3 is 0 Å². The quantitative estimate of drug-likeness (QED) is 0.343. The Balaban J connectivity index is 1.45. The minimum absolute atomic E-state index is 0.00126. The summed E-state index contributed by atoms with van der Waals surface area (Å²) in [7, 11) is 1.58. The summed E-state index contributed by atoms with van der Waals surface area (Å²) in [6, 6.07) is 13.8. The van der Waals surface area contributed by atoms with Gasteiger partial charge in [0.25, 0.3) is 0 Å². The molecule has 220 valence electrons. The van der Waals surface area contributed by atoms with Crippen molar-refractivity contribution in [3.8, 4) is 22.9 Å². The summed E-state index contributed by atoms with van der Waals surface area (Å²) in [5.41, 5.74) is 2.14. The second-order valence-electron chi connectivity index (χ2n) is 10.7. The third kappa shape index (κ3) is 6.63. The van der Waals surface area contributed by atoms with Crippen LogP contribution in [0, 0.1) is 5.92 Å². The maximum atomic E-state index is 13.3. The summed E-state index contributed by atoms with van der Waals surface area (Å²) >= 11 is 0. The van der Waals surface area contributed by atoms with Gasteiger partial charge in [0, 0.05) is 66.8 Å². The first kappa shape index (κ1) is 28.9. The summed E-state index contributed by atoms with van der Waals surface area (Å²) in [5.74, 6) is 1.19. The van der Waals surface area contributed by atoms with Gasteiger partial charge in [0.05, 0.1) is 13.7 Å². The molecule has 0 aliphatic carbocycles. The Bertz CT molecular complexity index is 1630. The molecule has 2 aromatic carbocycles. The lowest BCUT2D eigenvalue weighted by molar-refractivity contribution is -0.130. The molecule has 0 unspecified atom stereocenters. The van der Waals surface area contributed by atoms with E-state index >= 15 is 0 Å². The highest BCUT2D eigenvalue weighted by Gasteiger charge is 2.25. The fraction of sp³-hybridized carbons (Fsp3) is 0.355. The topological polar surface area (TPSA) is 131 Å². The number of aromatic nitrogens is 3. The molecule has 2 bridgehead atoms. The van der Waals surface area contributed by atoms with Gasteiger partial charge in [0.15, 0.2) is 16.9 Å². The molecule has 0 saturated heterocycles. The number of carbonyl (C=O) groups is 2. The second-order valence-corrected chi connectivity index (χ2v) is 10.7. The van der Waals surface area contributed by atoms with E-state index in [9.17, 15) is 14.4 Å². The summed E-state index contributed by atoms with van der Waals surface area (Å²) in [6.45, 7) is 5.56. The van der Waals surface area contributed by atoms with Crippen molar-refractivity contribution in [2.45, 2.75) is 33.0 Å². The van der Waals surface area contributed by atoms with Crippen molar-refractivity contribution in [2.75, 3.05) is 33.4 Å². The lowest BCUT2D eigenvalue weighted by atomic mass is 10.0. The molecule has 4 aromatic rings. The highest BCUT2D eigenvalue weighted by Crippen LogP contribution is 2.32. The fourth-order valence-electron chi connectivity index (χ4n) is 5.12. The van der Waals surface area contributed by atoms with Gasteiger partial charge in [-0.3, -0.25) is 19.3 Å². The van der Waals surface area contributed by atoms with Gasteiger partial charge in [0.1, 0.15) is 18.5 Å². The number of amides is 2. The van der Waals surface area contributed by atoms with Gasteiger partial charge in [-0.25, -0.2) is 4.98 Å². The highest BCUT2D eigenvalue weighted by atomic mass is 16.5. The van der Waals surface area contributed by atoms with Gasteiger partial charge in [0.2, 0.25) is 11.8 Å². The minimum atomic E-state index is -0.701. The second kappa shape index (κ2) is 12.9. The van der Waals surface area contributed by atoms with Crippen LogP contribution in [0.15, 0.2) is 65.7 Å². The minimum Gasteiger partial charge on any atom is -0.493 e. The Hall–Kier alpha value is -4.64. The monoisotopic (exact) mass is 572 g/mol. The van der Waals surface area contributed by atoms with Crippen LogP contribution in [0.4, 0.5) is 0 Å². The van der Waals surface area contributed by atoms with Gasteiger partial charge in [-0.15, -0.1) is 0 Å². The summed E-state index contributed by atoms with van der Waals surface area (Å²) in [4.78, 5) is 48.8. The molecule has 1 aliphatic rings. The van der Waals surface area contributed by atoms with Crippen LogP contribution in [0.25, 0.3) is 22.3 Å². The van der Waals surface area contributed by atoms with E-state index in [1.54, 1.807) is 25.4 Å². The van der Waals surface area contributed by atoms with Crippen LogP contribution in [0.5, 0.6) is 11.5 Å². The predicted octanol–water partition coefficient (Wildman–Crippen LogP) is 2.55. The molecule has 0 radical (unpaired) electrons. The van der Waals surface area contributed by atoms with Crippen LogP contribution in [0.2, 0.25) is 0 Å². The lowest BCUT2D eigenvalue weighted by Gasteiger charge is -2.25. The number of nitrogens with one attached hydrogen (secondary N) is 3. The maximum absolute atomic E-state index is 13.3. The number of benzene rings is 2. The Morgan fingerprint density at radius 2 is 1.93 bits per heavy atom. The third-order valence-corrected chi connectivity index (χ3v) is 7.27. The van der Waals surface area contributed by atoms with E-state index in [-0.39, 0.29) is 36.3 Å². The molecule has 0 fully saturated rings. The van der Waals surface area contributed by atoms with Gasteiger partial charge in [-0.2, -0.15) is 0 Å². The zero-order chi connectivity index (χ0) is 29.6. The average Bonchev–Trinajstić information content (AvgIpc) is 3.43. The molecule has 1 atom stereocenters. The van der Waals surface area contributed by atoms with E-state index in [1.807, 2.05) is 65.9 Å². The van der Waals surface area contributed by atoms with Crippen LogP contribution >= 0.6 is 0 Å². The molecule has 0 saturated carbocycles. The zero-order valence-corrected chi connectivity index (χ0v) is 24.1. The normalized spacial score (nSPS) is 17.2. The van der Waals surface area contributed by atoms with E-state index in [2.05, 4.69) is 20.6 Å². The fourth-order valence-corrected chi connectivity index (χ4v) is 5.12. The molecular formula is C31H36N6O5. The van der Waals surface area contributed by atoms with Crippen LogP contribution in [-0.4, -0.2) is 70.6 Å². The first-order valence-corrected chi connectivity index (χ1v) is 14.0. The molecule has 42 heavy (non-hydrogen) atoms. The first-order valence-electron chi connectivity index (χ1n) is 14.0. The Labute approximate surface area is 243 Å². The molecule has 3 N–H and O–H groups in total. The third-order valence-electron chi connectivity index (χ3n) is 7.27. The summed E-state index contributed by atoms with van der Waals surface area (Å²) < 4.78 is 13.7. The number of imidazole rings is 1. The van der Waals surface area contributed by atoms with Gasteiger partial charge in [-0.1, -0.05) is 26.0 Å². The molecular weight excluding hydrogens is 536 g/mol. The van der Waals surface area contributed by atoms with E-state index in [1.165, 1.54) is 0 Å². The number of nitrogens with zero attached hydrogens (tertiary/aromatic N) is 3. The van der Waals surface area contributed by atoms with Crippen molar-refractivity contribution >= 4 is 22.7 Å². The van der Waals surface area contributed by atoms with Crippen molar-refractivity contribution in [1.82, 2.24) is 30.1 Å². The average molecular weight is 573 g/mol. The number of hydrogen-bond donors (Lipinski definition) is 3. The summed E-state index contributed by atoms with van der Waals surface area (Å²) in [5, 5.41) is 6.47. The number of aromatic amines is 1. The van der Waals surface area contributed by atoms with Gasteiger partial charge in [-0.05, 0) is 36.2 Å². The van der Waals surface area contributed by atoms with Crippen LogP contribution in [0.1, 0.15) is 19.5 Å². The number of methoxy groups -OCH3 is 1. The lowest BCUT2D eigenvalue weighted by Crippen LogP contribution is -2.52. The van der Waals surface area contributed by atoms with Crippen LogP contribution in [0.3, 0.4) is 0 Å². The molecule has 3 heterocycles. The number of ether oxygens (including phenoxy) is 2. The Morgan fingerprint density at radius 3 is 2.74 bits per heavy atom. The Kier molecular flexibility index (Phi) is 8.87. The zero-order valence-electron chi connectivity index (χ0n) is 24.1. The number of carbonyl (C=O) groups excluding carboxylic acids is 2. The maximum Gasteiger partial charge on any atom is 0.242 e. The van der Waals surface area contributed by atoms with Crippen molar-refractivity contribution in [3.63, 3.8) is 0 Å². The van der Waals surface area contributed by atoms with Crippen molar-refractivity contribution in [2.24, 2.45) is 5.92 Å².